The summed E-state index contributed by atoms with van der Waals surface area (Å²) < 4.78 is 12.9. The monoisotopic (exact) mass is 388 g/mol. The number of carbonyl (C=O) groups is 1. The molecule has 4 rings (SSSR count). The lowest BCUT2D eigenvalue weighted by Crippen LogP contribution is -2.03. The minimum absolute atomic E-state index is 0.209. The second-order valence-electron chi connectivity index (χ2n) is 6.59. The predicted molar refractivity (Wildman–Crippen MR) is 111 cm³/mol. The highest BCUT2D eigenvalue weighted by molar-refractivity contribution is 5.93. The van der Waals surface area contributed by atoms with Crippen LogP contribution in [0.1, 0.15) is 15.9 Å². The molecule has 1 heterocycles. The first-order valence-electron chi connectivity index (χ1n) is 9.10. The molecule has 146 valence electrons. The number of aromatic nitrogens is 2. The van der Waals surface area contributed by atoms with E-state index < -0.39 is 5.97 Å². The van der Waals surface area contributed by atoms with E-state index in [2.05, 4.69) is 16.7 Å². The Morgan fingerprint density at radius 3 is 2.41 bits per heavy atom. The number of hydrogen-bond donors (Lipinski definition) is 1. The van der Waals surface area contributed by atoms with Gasteiger partial charge in [0.15, 0.2) is 11.5 Å². The Kier molecular flexibility index (Phi) is 4.91. The van der Waals surface area contributed by atoms with E-state index in [0.29, 0.717) is 23.6 Å². The van der Waals surface area contributed by atoms with Crippen LogP contribution in [0.25, 0.3) is 22.4 Å². The van der Waals surface area contributed by atoms with Crippen molar-refractivity contribution in [3.8, 4) is 22.9 Å². The highest BCUT2D eigenvalue weighted by atomic mass is 16.5. The lowest BCUT2D eigenvalue weighted by Gasteiger charge is -2.12. The van der Waals surface area contributed by atoms with Crippen molar-refractivity contribution in [2.24, 2.45) is 0 Å². The molecule has 6 nitrogen and oxygen atoms in total. The van der Waals surface area contributed by atoms with E-state index in [-0.39, 0.29) is 5.56 Å². The van der Waals surface area contributed by atoms with E-state index in [9.17, 15) is 9.90 Å². The third kappa shape index (κ3) is 3.52. The summed E-state index contributed by atoms with van der Waals surface area (Å²) in [6.07, 6.45) is 0. The second-order valence-corrected chi connectivity index (χ2v) is 6.59. The summed E-state index contributed by atoms with van der Waals surface area (Å²) in [6, 6.07) is 20.7. The van der Waals surface area contributed by atoms with E-state index in [1.54, 1.807) is 32.4 Å². The summed E-state index contributed by atoms with van der Waals surface area (Å²) in [7, 11) is 3.18. The minimum Gasteiger partial charge on any atom is -0.493 e. The van der Waals surface area contributed by atoms with Crippen molar-refractivity contribution in [2.45, 2.75) is 6.54 Å². The van der Waals surface area contributed by atoms with Gasteiger partial charge < -0.3 is 19.1 Å². The van der Waals surface area contributed by atoms with Crippen LogP contribution in [0, 0.1) is 0 Å². The second kappa shape index (κ2) is 7.67. The average molecular weight is 388 g/mol. The van der Waals surface area contributed by atoms with Gasteiger partial charge >= 0.3 is 5.97 Å². The van der Waals surface area contributed by atoms with Crippen LogP contribution in [0.4, 0.5) is 0 Å². The Morgan fingerprint density at radius 2 is 1.72 bits per heavy atom. The van der Waals surface area contributed by atoms with E-state index in [1.165, 1.54) is 0 Å². The van der Waals surface area contributed by atoms with Crippen LogP contribution in [-0.2, 0) is 6.54 Å². The average Bonchev–Trinajstić information content (AvgIpc) is 3.11. The van der Waals surface area contributed by atoms with Crippen LogP contribution < -0.4 is 9.47 Å². The van der Waals surface area contributed by atoms with Crippen molar-refractivity contribution in [2.75, 3.05) is 14.2 Å². The van der Waals surface area contributed by atoms with Gasteiger partial charge in [0, 0.05) is 12.1 Å². The number of ether oxygens (including phenoxy) is 2. The maximum atomic E-state index is 11.4. The molecule has 1 aromatic heterocycles. The first-order chi connectivity index (χ1) is 14.1. The molecule has 0 amide bonds. The molecule has 0 atom stereocenters. The topological polar surface area (TPSA) is 73.6 Å². The van der Waals surface area contributed by atoms with Crippen LogP contribution in [0.2, 0.25) is 0 Å². The number of aromatic carboxylic acids is 1. The summed E-state index contributed by atoms with van der Waals surface area (Å²) >= 11 is 0. The number of rotatable bonds is 6. The van der Waals surface area contributed by atoms with Crippen molar-refractivity contribution < 1.29 is 19.4 Å². The number of methoxy groups -OCH3 is 2. The van der Waals surface area contributed by atoms with Crippen molar-refractivity contribution in [1.29, 1.82) is 0 Å². The molecule has 0 aliphatic rings. The van der Waals surface area contributed by atoms with Crippen molar-refractivity contribution in [3.05, 3.63) is 77.9 Å². The van der Waals surface area contributed by atoms with Gasteiger partial charge in [-0.3, -0.25) is 0 Å². The number of nitrogens with zero attached hydrogens (tertiary/aromatic N) is 2. The van der Waals surface area contributed by atoms with Crippen molar-refractivity contribution in [3.63, 3.8) is 0 Å². The largest absolute Gasteiger partial charge is 0.493 e. The summed E-state index contributed by atoms with van der Waals surface area (Å²) in [5.74, 6) is 0.995. The number of carboxylic acids is 1. The molecule has 0 saturated heterocycles. The van der Waals surface area contributed by atoms with E-state index >= 15 is 0 Å². The first-order valence-corrected chi connectivity index (χ1v) is 9.10. The molecule has 0 bridgehead atoms. The number of fused-ring (bicyclic) bond motifs is 1. The standard InChI is InChI=1S/C23H20N2O4/c1-28-20-11-9-16(13-21(20)29-2)22-24-18-12-17(23(26)27)8-10-19(18)25(22)14-15-6-4-3-5-7-15/h3-13H,14H2,1-2H3,(H,26,27). The zero-order valence-corrected chi connectivity index (χ0v) is 16.1. The third-order valence-corrected chi connectivity index (χ3v) is 4.82. The van der Waals surface area contributed by atoms with Gasteiger partial charge in [0.2, 0.25) is 0 Å². The predicted octanol–water partition coefficient (Wildman–Crippen LogP) is 4.47. The quantitative estimate of drug-likeness (QED) is 0.528. The Bertz CT molecular complexity index is 1180. The molecule has 4 aromatic rings. The molecule has 1 N–H and O–H groups in total. The molecule has 0 spiro atoms. The van der Waals surface area contributed by atoms with Gasteiger partial charge in [-0.25, -0.2) is 9.78 Å². The number of imidazole rings is 1. The zero-order chi connectivity index (χ0) is 20.4. The summed E-state index contributed by atoms with van der Waals surface area (Å²) in [4.78, 5) is 16.1. The third-order valence-electron chi connectivity index (χ3n) is 4.82. The van der Waals surface area contributed by atoms with Crippen molar-refractivity contribution in [1.82, 2.24) is 9.55 Å². The fourth-order valence-electron chi connectivity index (χ4n) is 3.38. The molecule has 0 aliphatic carbocycles. The number of hydrogen-bond acceptors (Lipinski definition) is 4. The van der Waals surface area contributed by atoms with E-state index in [1.807, 2.05) is 36.4 Å². The van der Waals surface area contributed by atoms with Gasteiger partial charge in [-0.15, -0.1) is 0 Å². The molecular weight excluding hydrogens is 368 g/mol. The molecule has 0 unspecified atom stereocenters. The van der Waals surface area contributed by atoms with Crippen LogP contribution in [-0.4, -0.2) is 34.8 Å². The van der Waals surface area contributed by atoms with Crippen LogP contribution in [0.3, 0.4) is 0 Å². The highest BCUT2D eigenvalue weighted by Crippen LogP contribution is 2.34. The lowest BCUT2D eigenvalue weighted by atomic mass is 10.1. The van der Waals surface area contributed by atoms with Crippen LogP contribution >= 0.6 is 0 Å². The minimum atomic E-state index is -0.975. The van der Waals surface area contributed by atoms with Gasteiger partial charge in [-0.05, 0) is 42.0 Å². The first kappa shape index (κ1) is 18.6. The van der Waals surface area contributed by atoms with Gasteiger partial charge in [0.1, 0.15) is 5.82 Å². The van der Waals surface area contributed by atoms with Gasteiger partial charge in [-0.1, -0.05) is 30.3 Å². The lowest BCUT2D eigenvalue weighted by molar-refractivity contribution is 0.0697. The summed E-state index contributed by atoms with van der Waals surface area (Å²) in [5, 5.41) is 9.33. The maximum absolute atomic E-state index is 11.4. The van der Waals surface area contributed by atoms with E-state index in [0.717, 1.165) is 22.5 Å². The summed E-state index contributed by atoms with van der Waals surface area (Å²) in [5.41, 5.74) is 3.68. The Hall–Kier alpha value is -3.80. The Morgan fingerprint density at radius 1 is 0.966 bits per heavy atom. The molecule has 3 aromatic carbocycles. The molecule has 6 heteroatoms. The Labute approximate surface area is 168 Å². The number of benzene rings is 3. The van der Waals surface area contributed by atoms with Crippen LogP contribution in [0.15, 0.2) is 66.7 Å². The SMILES string of the molecule is COc1ccc(-c2nc3cc(C(=O)O)ccc3n2Cc2ccccc2)cc1OC. The Balaban J connectivity index is 1.91. The maximum Gasteiger partial charge on any atom is 0.335 e. The molecular formula is C23H20N2O4. The van der Waals surface area contributed by atoms with Gasteiger partial charge in [0.25, 0.3) is 0 Å². The highest BCUT2D eigenvalue weighted by Gasteiger charge is 2.17. The van der Waals surface area contributed by atoms with Gasteiger partial charge in [0.05, 0.1) is 30.8 Å². The molecule has 0 saturated carbocycles. The molecule has 0 fully saturated rings. The van der Waals surface area contributed by atoms with Crippen molar-refractivity contribution >= 4 is 17.0 Å². The number of carboxylic acid groups (broad SMARTS) is 1. The smallest absolute Gasteiger partial charge is 0.335 e. The normalized spacial score (nSPS) is 10.8. The van der Waals surface area contributed by atoms with Crippen LogP contribution in [0.5, 0.6) is 11.5 Å². The summed E-state index contributed by atoms with van der Waals surface area (Å²) in [6.45, 7) is 0.605. The molecule has 0 radical (unpaired) electrons. The molecule has 0 aliphatic heterocycles. The van der Waals surface area contributed by atoms with E-state index in [4.69, 9.17) is 14.5 Å². The van der Waals surface area contributed by atoms with Gasteiger partial charge in [-0.2, -0.15) is 0 Å². The fraction of sp³-hybridized carbons (Fsp3) is 0.130. The fourth-order valence-corrected chi connectivity index (χ4v) is 3.38. The molecule has 29 heavy (non-hydrogen) atoms. The zero-order valence-electron chi connectivity index (χ0n) is 16.1.